The molecule has 19 heavy (non-hydrogen) atoms. The molecule has 0 aliphatic heterocycles. The Morgan fingerprint density at radius 1 is 1.53 bits per heavy atom. The molecule has 0 fully saturated rings. The zero-order valence-electron chi connectivity index (χ0n) is 9.92. The van der Waals surface area contributed by atoms with E-state index in [1.54, 1.807) is 0 Å². The van der Waals surface area contributed by atoms with Crippen LogP contribution < -0.4 is 4.74 Å². The minimum absolute atomic E-state index is 0.0400. The van der Waals surface area contributed by atoms with E-state index in [0.717, 1.165) is 6.07 Å². The minimum Gasteiger partial charge on any atom is -0.486 e. The maximum absolute atomic E-state index is 11.3. The van der Waals surface area contributed by atoms with E-state index < -0.39 is 19.7 Å². The van der Waals surface area contributed by atoms with E-state index in [-0.39, 0.29) is 29.2 Å². The van der Waals surface area contributed by atoms with Crippen molar-refractivity contribution in [2.24, 2.45) is 0 Å². The second kappa shape index (κ2) is 5.91. The van der Waals surface area contributed by atoms with Crippen LogP contribution >= 0.6 is 10.7 Å². The first-order chi connectivity index (χ1) is 8.77. The number of aryl methyl sites for hydroxylation is 1. The lowest BCUT2D eigenvalue weighted by Crippen LogP contribution is -2.03. The molecule has 0 heterocycles. The maximum atomic E-state index is 11.3. The van der Waals surface area contributed by atoms with Gasteiger partial charge in [0.05, 0.1) is 16.4 Å². The van der Waals surface area contributed by atoms with Gasteiger partial charge in [0, 0.05) is 23.2 Å². The molecule has 0 amide bonds. The van der Waals surface area contributed by atoms with Crippen LogP contribution in [-0.2, 0) is 9.05 Å². The third-order valence-electron chi connectivity index (χ3n) is 2.22. The zero-order chi connectivity index (χ0) is 14.6. The molecule has 8 heteroatoms. The molecule has 1 rings (SSSR count). The molecular weight excluding hydrogens is 294 g/mol. The second-order valence-electron chi connectivity index (χ2n) is 3.58. The van der Waals surface area contributed by atoms with Gasteiger partial charge in [-0.2, -0.15) is 0 Å². The highest BCUT2D eigenvalue weighted by atomic mass is 35.7. The van der Waals surface area contributed by atoms with Crippen LogP contribution in [0.15, 0.2) is 17.0 Å². The molecule has 6 nitrogen and oxygen atoms in total. The molecular formula is C11H10ClNO5S. The highest BCUT2D eigenvalue weighted by molar-refractivity contribution is 8.13. The fraction of sp³-hybridized carbons (Fsp3) is 0.273. The van der Waals surface area contributed by atoms with Gasteiger partial charge in [-0.3, -0.25) is 10.1 Å². The maximum Gasteiger partial charge on any atom is 0.312 e. The van der Waals surface area contributed by atoms with Gasteiger partial charge in [0.15, 0.2) is 5.75 Å². The van der Waals surface area contributed by atoms with Gasteiger partial charge in [-0.15, -0.1) is 12.3 Å². The standard InChI is InChI=1S/C11H10ClNO5S/c1-3-4-5-18-10-6-8(2)11(19(12,16)17)7-9(10)13(14)15/h1,6-7H,4-5H2,2H3. The predicted molar refractivity (Wildman–Crippen MR) is 69.8 cm³/mol. The Morgan fingerprint density at radius 2 is 2.16 bits per heavy atom. The lowest BCUT2D eigenvalue weighted by atomic mass is 10.2. The summed E-state index contributed by atoms with van der Waals surface area (Å²) in [6.07, 6.45) is 5.32. The number of hydrogen-bond donors (Lipinski definition) is 0. The number of nitrogens with zero attached hydrogens (tertiary/aromatic N) is 1. The van der Waals surface area contributed by atoms with Crippen LogP contribution in [0.1, 0.15) is 12.0 Å². The smallest absolute Gasteiger partial charge is 0.312 e. The van der Waals surface area contributed by atoms with Crippen molar-refractivity contribution in [1.82, 2.24) is 0 Å². The van der Waals surface area contributed by atoms with Crippen molar-refractivity contribution in [2.45, 2.75) is 18.2 Å². The van der Waals surface area contributed by atoms with E-state index in [0.29, 0.717) is 0 Å². The fourth-order valence-corrected chi connectivity index (χ4v) is 2.59. The van der Waals surface area contributed by atoms with E-state index in [2.05, 4.69) is 5.92 Å². The third-order valence-corrected chi connectivity index (χ3v) is 3.68. The lowest BCUT2D eigenvalue weighted by Gasteiger charge is -2.08. The molecule has 0 unspecified atom stereocenters. The van der Waals surface area contributed by atoms with Crippen LogP contribution in [0.4, 0.5) is 5.69 Å². The predicted octanol–water partition coefficient (Wildman–Crippen LogP) is 2.23. The number of nitro groups is 1. The van der Waals surface area contributed by atoms with E-state index in [4.69, 9.17) is 21.8 Å². The Labute approximate surface area is 114 Å². The first-order valence-electron chi connectivity index (χ1n) is 5.07. The van der Waals surface area contributed by atoms with Crippen molar-refractivity contribution in [2.75, 3.05) is 6.61 Å². The summed E-state index contributed by atoms with van der Waals surface area (Å²) in [5.41, 5.74) is -0.210. The molecule has 1 aromatic carbocycles. The van der Waals surface area contributed by atoms with Crippen LogP contribution in [0.5, 0.6) is 5.75 Å². The summed E-state index contributed by atoms with van der Waals surface area (Å²) in [5.74, 6) is 2.29. The van der Waals surface area contributed by atoms with E-state index in [9.17, 15) is 18.5 Å². The van der Waals surface area contributed by atoms with Crippen LogP contribution in [0, 0.1) is 29.4 Å². The summed E-state index contributed by atoms with van der Waals surface area (Å²) >= 11 is 0. The van der Waals surface area contributed by atoms with Crippen molar-refractivity contribution in [3.05, 3.63) is 27.8 Å². The normalized spacial score (nSPS) is 10.8. The van der Waals surface area contributed by atoms with Crippen molar-refractivity contribution >= 4 is 25.4 Å². The SMILES string of the molecule is C#CCCOc1cc(C)c(S(=O)(=O)Cl)cc1[N+](=O)[O-]. The van der Waals surface area contributed by atoms with Gasteiger partial charge in [0.25, 0.3) is 9.05 Å². The van der Waals surface area contributed by atoms with Gasteiger partial charge in [0.1, 0.15) is 0 Å². The monoisotopic (exact) mass is 303 g/mol. The summed E-state index contributed by atoms with van der Waals surface area (Å²) in [6, 6.07) is 2.13. The molecule has 0 bridgehead atoms. The van der Waals surface area contributed by atoms with Crippen molar-refractivity contribution in [1.29, 1.82) is 0 Å². The Kier molecular flexibility index (Phi) is 4.75. The van der Waals surface area contributed by atoms with Gasteiger partial charge in [-0.1, -0.05) is 0 Å². The summed E-state index contributed by atoms with van der Waals surface area (Å²) in [7, 11) is 1.15. The van der Waals surface area contributed by atoms with Gasteiger partial charge in [-0.25, -0.2) is 8.42 Å². The summed E-state index contributed by atoms with van der Waals surface area (Å²) in [5, 5.41) is 10.9. The Hall–Kier alpha value is -1.78. The number of halogens is 1. The molecule has 0 saturated carbocycles. The Balaban J connectivity index is 3.31. The van der Waals surface area contributed by atoms with Gasteiger partial charge in [0.2, 0.25) is 0 Å². The highest BCUT2D eigenvalue weighted by Crippen LogP contribution is 2.33. The highest BCUT2D eigenvalue weighted by Gasteiger charge is 2.23. The van der Waals surface area contributed by atoms with Crippen LogP contribution in [0.25, 0.3) is 0 Å². The quantitative estimate of drug-likeness (QED) is 0.274. The summed E-state index contributed by atoms with van der Waals surface area (Å²) in [4.78, 5) is 9.84. The average molecular weight is 304 g/mol. The third kappa shape index (κ3) is 3.84. The summed E-state index contributed by atoms with van der Waals surface area (Å²) < 4.78 is 27.7. The average Bonchev–Trinajstić information content (AvgIpc) is 2.27. The van der Waals surface area contributed by atoms with E-state index >= 15 is 0 Å². The molecule has 0 radical (unpaired) electrons. The topological polar surface area (TPSA) is 86.5 Å². The number of rotatable bonds is 5. The Morgan fingerprint density at radius 3 is 2.63 bits per heavy atom. The van der Waals surface area contributed by atoms with Crippen molar-refractivity contribution in [3.8, 4) is 18.1 Å². The second-order valence-corrected chi connectivity index (χ2v) is 6.12. The molecule has 0 saturated heterocycles. The lowest BCUT2D eigenvalue weighted by molar-refractivity contribution is -0.386. The van der Waals surface area contributed by atoms with Gasteiger partial charge < -0.3 is 4.74 Å². The first-order valence-corrected chi connectivity index (χ1v) is 7.38. The van der Waals surface area contributed by atoms with Crippen molar-refractivity contribution in [3.63, 3.8) is 0 Å². The van der Waals surface area contributed by atoms with Crippen LogP contribution in [0.3, 0.4) is 0 Å². The fourth-order valence-electron chi connectivity index (χ4n) is 1.39. The molecule has 0 spiro atoms. The number of ether oxygens (including phenoxy) is 1. The van der Waals surface area contributed by atoms with Crippen molar-refractivity contribution < 1.29 is 18.1 Å². The molecule has 1 aromatic rings. The number of benzene rings is 1. The molecule has 0 aliphatic rings. The molecule has 0 aromatic heterocycles. The molecule has 0 N–H and O–H groups in total. The molecule has 0 aliphatic carbocycles. The number of terminal acetylenes is 1. The van der Waals surface area contributed by atoms with Gasteiger partial charge in [-0.05, 0) is 18.6 Å². The molecule has 102 valence electrons. The number of nitro benzene ring substituents is 1. The zero-order valence-corrected chi connectivity index (χ0v) is 11.5. The largest absolute Gasteiger partial charge is 0.486 e. The Bertz CT molecular complexity index is 648. The molecule has 0 atom stereocenters. The first kappa shape index (κ1) is 15.3. The summed E-state index contributed by atoms with van der Waals surface area (Å²) in [6.45, 7) is 1.57. The van der Waals surface area contributed by atoms with Crippen LogP contribution in [-0.4, -0.2) is 19.9 Å². The van der Waals surface area contributed by atoms with E-state index in [1.807, 2.05) is 0 Å². The van der Waals surface area contributed by atoms with E-state index in [1.165, 1.54) is 13.0 Å². The van der Waals surface area contributed by atoms with Gasteiger partial charge >= 0.3 is 5.69 Å². The number of hydrogen-bond acceptors (Lipinski definition) is 5. The van der Waals surface area contributed by atoms with Crippen LogP contribution in [0.2, 0.25) is 0 Å². The minimum atomic E-state index is -4.05.